The van der Waals surface area contributed by atoms with Gasteiger partial charge in [0.05, 0.1) is 23.7 Å². The van der Waals surface area contributed by atoms with Gasteiger partial charge in [0, 0.05) is 18.7 Å². The minimum absolute atomic E-state index is 0.142. The van der Waals surface area contributed by atoms with Gasteiger partial charge in [0.1, 0.15) is 11.9 Å². The first-order valence-corrected chi connectivity index (χ1v) is 7.60. The maximum absolute atomic E-state index is 12.0. The first-order valence-electron chi connectivity index (χ1n) is 7.60. The fourth-order valence-electron chi connectivity index (χ4n) is 2.14. The topological polar surface area (TPSA) is 92.3 Å². The second-order valence-corrected chi connectivity index (χ2v) is 6.61. The molecule has 126 valence electrons. The molecule has 0 saturated carbocycles. The van der Waals surface area contributed by atoms with Crippen molar-refractivity contribution >= 4 is 11.7 Å². The number of aromatic nitrogens is 2. The van der Waals surface area contributed by atoms with Gasteiger partial charge in [0.15, 0.2) is 0 Å². The lowest BCUT2D eigenvalue weighted by Crippen LogP contribution is -2.37. The van der Waals surface area contributed by atoms with Crippen LogP contribution in [0.4, 0.5) is 10.5 Å². The molecule has 2 unspecified atom stereocenters. The van der Waals surface area contributed by atoms with Crippen molar-refractivity contribution in [3.63, 3.8) is 0 Å². The largest absolute Gasteiger partial charge is 0.467 e. The summed E-state index contributed by atoms with van der Waals surface area (Å²) in [6, 6.07) is 2.87. The van der Waals surface area contributed by atoms with E-state index in [1.165, 1.54) is 6.26 Å². The maximum atomic E-state index is 12.0. The third kappa shape index (κ3) is 4.85. The normalized spacial score (nSPS) is 14.3. The number of anilines is 1. The summed E-state index contributed by atoms with van der Waals surface area (Å²) < 4.78 is 6.93. The van der Waals surface area contributed by atoms with Gasteiger partial charge in [-0.05, 0) is 39.8 Å². The van der Waals surface area contributed by atoms with E-state index in [0.29, 0.717) is 17.9 Å². The van der Waals surface area contributed by atoms with E-state index in [0.717, 1.165) is 0 Å². The highest BCUT2D eigenvalue weighted by Gasteiger charge is 2.18. The summed E-state index contributed by atoms with van der Waals surface area (Å²) in [6.45, 7) is 7.91. The summed E-state index contributed by atoms with van der Waals surface area (Å²) in [7, 11) is 0. The van der Waals surface area contributed by atoms with Crippen LogP contribution in [0.5, 0.6) is 0 Å². The fraction of sp³-hybridized carbons (Fsp3) is 0.500. The molecule has 0 aliphatic heterocycles. The highest BCUT2D eigenvalue weighted by molar-refractivity contribution is 5.89. The van der Waals surface area contributed by atoms with Crippen LogP contribution < -0.4 is 10.6 Å². The lowest BCUT2D eigenvalue weighted by Gasteiger charge is -2.19. The van der Waals surface area contributed by atoms with Gasteiger partial charge < -0.3 is 20.2 Å². The van der Waals surface area contributed by atoms with Crippen LogP contribution in [0, 0.1) is 0 Å². The van der Waals surface area contributed by atoms with Gasteiger partial charge in [0.2, 0.25) is 0 Å². The van der Waals surface area contributed by atoms with Crippen molar-refractivity contribution in [3.8, 4) is 0 Å². The van der Waals surface area contributed by atoms with Crippen molar-refractivity contribution in [2.24, 2.45) is 0 Å². The fourth-order valence-corrected chi connectivity index (χ4v) is 2.14. The zero-order valence-electron chi connectivity index (χ0n) is 13.9. The molecule has 2 atom stereocenters. The Kier molecular flexibility index (Phi) is 5.10. The van der Waals surface area contributed by atoms with Crippen molar-refractivity contribution in [1.82, 2.24) is 15.1 Å². The number of nitrogens with one attached hydrogen (secondary N) is 2. The van der Waals surface area contributed by atoms with Crippen molar-refractivity contribution in [3.05, 3.63) is 36.5 Å². The number of furan rings is 1. The molecule has 2 heterocycles. The van der Waals surface area contributed by atoms with Crippen molar-refractivity contribution < 1.29 is 14.3 Å². The van der Waals surface area contributed by atoms with Crippen molar-refractivity contribution in [2.45, 2.75) is 51.8 Å². The Balaban J connectivity index is 1.83. The molecule has 0 saturated heterocycles. The summed E-state index contributed by atoms with van der Waals surface area (Å²) in [4.78, 5) is 12.0. The summed E-state index contributed by atoms with van der Waals surface area (Å²) in [5.74, 6) is 0.491. The number of hydrogen-bond acceptors (Lipinski definition) is 4. The van der Waals surface area contributed by atoms with Gasteiger partial charge >= 0.3 is 6.03 Å². The third-order valence-corrected chi connectivity index (χ3v) is 3.35. The molecule has 0 spiro atoms. The molecule has 7 heteroatoms. The molecule has 3 N–H and O–H groups in total. The lowest BCUT2D eigenvalue weighted by molar-refractivity contribution is 0.130. The Hall–Kier alpha value is -2.28. The SMILES string of the molecule is CC(CC(O)c1ccco1)NC(=O)Nc1cnn(C(C)(C)C)c1. The number of hydrogen-bond donors (Lipinski definition) is 3. The monoisotopic (exact) mass is 320 g/mol. The third-order valence-electron chi connectivity index (χ3n) is 3.35. The quantitative estimate of drug-likeness (QED) is 0.790. The Labute approximate surface area is 135 Å². The zero-order chi connectivity index (χ0) is 17.0. The first-order chi connectivity index (χ1) is 10.8. The average molecular weight is 320 g/mol. The number of carbonyl (C=O) groups excluding carboxylic acids is 1. The second-order valence-electron chi connectivity index (χ2n) is 6.61. The number of rotatable bonds is 5. The highest BCUT2D eigenvalue weighted by atomic mass is 16.4. The molecule has 0 aromatic carbocycles. The van der Waals surface area contributed by atoms with E-state index < -0.39 is 6.10 Å². The smallest absolute Gasteiger partial charge is 0.319 e. The van der Waals surface area contributed by atoms with E-state index in [1.54, 1.807) is 29.2 Å². The van der Waals surface area contributed by atoms with Gasteiger partial charge in [-0.15, -0.1) is 0 Å². The predicted octanol–water partition coefficient (Wildman–Crippen LogP) is 2.86. The minimum atomic E-state index is -0.746. The van der Waals surface area contributed by atoms with E-state index in [1.807, 2.05) is 27.7 Å². The molecular formula is C16H24N4O3. The number of nitrogens with zero attached hydrogens (tertiary/aromatic N) is 2. The standard InChI is InChI=1S/C16H24N4O3/c1-11(8-13(21)14-6-5-7-23-14)18-15(22)19-12-9-17-20(10-12)16(2,3)4/h5-7,9-11,13,21H,8H2,1-4H3,(H2,18,19,22). The minimum Gasteiger partial charge on any atom is -0.467 e. The van der Waals surface area contributed by atoms with Gasteiger partial charge in [-0.3, -0.25) is 4.68 Å². The molecule has 0 aliphatic rings. The Bertz CT molecular complexity index is 628. The number of aliphatic hydroxyl groups is 1. The molecule has 0 aliphatic carbocycles. The van der Waals surface area contributed by atoms with Gasteiger partial charge in [0.25, 0.3) is 0 Å². The van der Waals surface area contributed by atoms with Gasteiger partial charge in [-0.25, -0.2) is 4.79 Å². The Morgan fingerprint density at radius 2 is 2.22 bits per heavy atom. The van der Waals surface area contributed by atoms with Crippen LogP contribution in [0.3, 0.4) is 0 Å². The molecule has 2 aromatic heterocycles. The van der Waals surface area contributed by atoms with Crippen molar-refractivity contribution in [1.29, 1.82) is 0 Å². The van der Waals surface area contributed by atoms with Crippen LogP contribution in [-0.2, 0) is 5.54 Å². The first kappa shape index (κ1) is 17.1. The number of amides is 2. The van der Waals surface area contributed by atoms with Gasteiger partial charge in [-0.1, -0.05) is 0 Å². The second kappa shape index (κ2) is 6.87. The summed E-state index contributed by atoms with van der Waals surface area (Å²) >= 11 is 0. The molecule has 0 radical (unpaired) electrons. The molecular weight excluding hydrogens is 296 g/mol. The molecule has 0 fully saturated rings. The van der Waals surface area contributed by atoms with Crippen LogP contribution in [0.15, 0.2) is 35.2 Å². The van der Waals surface area contributed by atoms with Crippen LogP contribution in [0.1, 0.15) is 46.0 Å². The van der Waals surface area contributed by atoms with Crippen LogP contribution in [0.25, 0.3) is 0 Å². The Morgan fingerprint density at radius 1 is 1.48 bits per heavy atom. The molecule has 7 nitrogen and oxygen atoms in total. The lowest BCUT2D eigenvalue weighted by atomic mass is 10.1. The highest BCUT2D eigenvalue weighted by Crippen LogP contribution is 2.19. The Morgan fingerprint density at radius 3 is 2.78 bits per heavy atom. The van der Waals surface area contributed by atoms with E-state index in [-0.39, 0.29) is 17.6 Å². The zero-order valence-corrected chi connectivity index (χ0v) is 13.9. The molecule has 2 aromatic rings. The van der Waals surface area contributed by atoms with Crippen LogP contribution in [-0.4, -0.2) is 27.0 Å². The number of urea groups is 1. The van der Waals surface area contributed by atoms with E-state index in [4.69, 9.17) is 4.42 Å². The molecule has 2 amide bonds. The number of carbonyl (C=O) groups is 1. The molecule has 23 heavy (non-hydrogen) atoms. The van der Waals surface area contributed by atoms with E-state index >= 15 is 0 Å². The molecule has 0 bridgehead atoms. The summed E-state index contributed by atoms with van der Waals surface area (Å²) in [6.07, 6.45) is 4.51. The van der Waals surface area contributed by atoms with Gasteiger partial charge in [-0.2, -0.15) is 5.10 Å². The molecule has 2 rings (SSSR count). The van der Waals surface area contributed by atoms with Crippen molar-refractivity contribution in [2.75, 3.05) is 5.32 Å². The van der Waals surface area contributed by atoms with Crippen LogP contribution in [0.2, 0.25) is 0 Å². The predicted molar refractivity (Wildman–Crippen MR) is 87.1 cm³/mol. The summed E-state index contributed by atoms with van der Waals surface area (Å²) in [5, 5.41) is 19.7. The maximum Gasteiger partial charge on any atom is 0.319 e. The number of aliphatic hydroxyl groups excluding tert-OH is 1. The van der Waals surface area contributed by atoms with Crippen LogP contribution >= 0.6 is 0 Å². The van der Waals surface area contributed by atoms with E-state index in [9.17, 15) is 9.90 Å². The summed E-state index contributed by atoms with van der Waals surface area (Å²) in [5.41, 5.74) is 0.479. The average Bonchev–Trinajstić information content (AvgIpc) is 3.07. The van der Waals surface area contributed by atoms with E-state index in [2.05, 4.69) is 15.7 Å².